The number of hydrogen-bond donors (Lipinski definition) is 0. The Morgan fingerprint density at radius 2 is 1.84 bits per heavy atom. The predicted octanol–water partition coefficient (Wildman–Crippen LogP) is 5.19. The molecule has 104 valence electrons. The van der Waals surface area contributed by atoms with E-state index in [1.807, 2.05) is 0 Å². The van der Waals surface area contributed by atoms with Crippen LogP contribution in [0.3, 0.4) is 0 Å². The minimum atomic E-state index is 0.245. The van der Waals surface area contributed by atoms with Gasteiger partial charge in [-0.1, -0.05) is 12.1 Å². The van der Waals surface area contributed by atoms with E-state index in [2.05, 4.69) is 54.6 Å². The highest BCUT2D eigenvalue weighted by Crippen LogP contribution is 2.44. The fourth-order valence-electron chi connectivity index (χ4n) is 3.33. The van der Waals surface area contributed by atoms with Gasteiger partial charge in [0.25, 0.3) is 0 Å². The molecule has 2 fully saturated rings. The van der Waals surface area contributed by atoms with Crippen molar-refractivity contribution in [1.29, 1.82) is 0 Å². The van der Waals surface area contributed by atoms with Crippen molar-refractivity contribution in [3.05, 3.63) is 32.9 Å². The molecule has 0 atom stereocenters. The second kappa shape index (κ2) is 5.36. The molecule has 0 bridgehead atoms. The minimum Gasteiger partial charge on any atom is -0.372 e. The van der Waals surface area contributed by atoms with Crippen LogP contribution < -0.4 is 0 Å². The molecule has 0 unspecified atom stereocenters. The predicted molar refractivity (Wildman–Crippen MR) is 87.6 cm³/mol. The Labute approximate surface area is 130 Å². The van der Waals surface area contributed by atoms with Crippen molar-refractivity contribution in [1.82, 2.24) is 0 Å². The lowest BCUT2D eigenvalue weighted by molar-refractivity contribution is -0.0389. The first-order chi connectivity index (χ1) is 9.07. The van der Waals surface area contributed by atoms with Crippen LogP contribution in [0.4, 0.5) is 0 Å². The molecule has 0 aromatic heterocycles. The molecular formula is C17H23IO. The highest BCUT2D eigenvalue weighted by atomic mass is 127. The van der Waals surface area contributed by atoms with Crippen LogP contribution in [0.5, 0.6) is 0 Å². The lowest BCUT2D eigenvalue weighted by atomic mass is 9.81. The van der Waals surface area contributed by atoms with E-state index in [4.69, 9.17) is 4.74 Å². The van der Waals surface area contributed by atoms with E-state index in [1.54, 1.807) is 5.56 Å². The summed E-state index contributed by atoms with van der Waals surface area (Å²) < 4.78 is 7.67. The second-order valence-corrected chi connectivity index (χ2v) is 7.67. The zero-order valence-corrected chi connectivity index (χ0v) is 14.1. The highest BCUT2D eigenvalue weighted by Gasteiger charge is 2.41. The van der Waals surface area contributed by atoms with Crippen LogP contribution in [0.15, 0.2) is 18.2 Å². The van der Waals surface area contributed by atoms with Gasteiger partial charge in [-0.3, -0.25) is 0 Å². The van der Waals surface area contributed by atoms with Gasteiger partial charge in [-0.25, -0.2) is 0 Å². The summed E-state index contributed by atoms with van der Waals surface area (Å²) in [6.45, 7) is 4.52. The monoisotopic (exact) mass is 370 g/mol. The standard InChI is InChI=1S/C17H23IO/c1-12-4-3-5-15(18)16(12)13-6-8-14(9-7-13)19-17(2)10-11-17/h3-5,13-14H,6-11H2,1-2H3. The summed E-state index contributed by atoms with van der Waals surface area (Å²) in [5, 5.41) is 0. The summed E-state index contributed by atoms with van der Waals surface area (Å²) >= 11 is 2.49. The molecule has 2 aliphatic carbocycles. The molecule has 1 aromatic rings. The molecule has 2 aliphatic rings. The third-order valence-electron chi connectivity index (χ3n) is 4.76. The molecule has 3 rings (SSSR count). The minimum absolute atomic E-state index is 0.245. The molecule has 0 spiro atoms. The lowest BCUT2D eigenvalue weighted by Crippen LogP contribution is -2.26. The molecule has 0 N–H and O–H groups in total. The Kier molecular flexibility index (Phi) is 3.91. The maximum atomic E-state index is 6.23. The van der Waals surface area contributed by atoms with Crippen molar-refractivity contribution < 1.29 is 4.74 Å². The van der Waals surface area contributed by atoms with Crippen LogP contribution in [0, 0.1) is 10.5 Å². The molecule has 2 saturated carbocycles. The van der Waals surface area contributed by atoms with Gasteiger partial charge in [-0.15, -0.1) is 0 Å². The van der Waals surface area contributed by atoms with Gasteiger partial charge in [0.1, 0.15) is 0 Å². The van der Waals surface area contributed by atoms with Crippen LogP contribution in [-0.2, 0) is 4.74 Å². The van der Waals surface area contributed by atoms with Crippen molar-refractivity contribution >= 4 is 22.6 Å². The molecule has 1 aromatic carbocycles. The Balaban J connectivity index is 1.63. The van der Waals surface area contributed by atoms with Gasteiger partial charge in [0.05, 0.1) is 11.7 Å². The molecule has 0 amide bonds. The van der Waals surface area contributed by atoms with Crippen LogP contribution in [0.2, 0.25) is 0 Å². The van der Waals surface area contributed by atoms with Gasteiger partial charge in [0.2, 0.25) is 0 Å². The third-order valence-corrected chi connectivity index (χ3v) is 5.70. The number of hydrogen-bond acceptors (Lipinski definition) is 1. The van der Waals surface area contributed by atoms with Crippen molar-refractivity contribution in [2.24, 2.45) is 0 Å². The first-order valence-corrected chi connectivity index (χ1v) is 8.58. The number of rotatable bonds is 3. The third kappa shape index (κ3) is 3.15. The topological polar surface area (TPSA) is 9.23 Å². The van der Waals surface area contributed by atoms with E-state index < -0.39 is 0 Å². The molecule has 0 saturated heterocycles. The van der Waals surface area contributed by atoms with E-state index in [0.717, 1.165) is 5.92 Å². The molecule has 0 aliphatic heterocycles. The molecule has 0 heterocycles. The maximum absolute atomic E-state index is 6.23. The Bertz CT molecular complexity index is 436. The van der Waals surface area contributed by atoms with E-state index in [0.29, 0.717) is 6.10 Å². The number of halogens is 1. The fourth-order valence-corrected chi connectivity index (χ4v) is 4.40. The van der Waals surface area contributed by atoms with Gasteiger partial charge < -0.3 is 4.74 Å². The summed E-state index contributed by atoms with van der Waals surface area (Å²) in [5.74, 6) is 0.750. The average Bonchev–Trinajstić information content (AvgIpc) is 3.09. The van der Waals surface area contributed by atoms with Crippen LogP contribution in [-0.4, -0.2) is 11.7 Å². The number of benzene rings is 1. The quantitative estimate of drug-likeness (QED) is 0.665. The van der Waals surface area contributed by atoms with Crippen LogP contribution in [0.25, 0.3) is 0 Å². The number of aryl methyl sites for hydroxylation is 1. The smallest absolute Gasteiger partial charge is 0.0660 e. The molecule has 19 heavy (non-hydrogen) atoms. The Hall–Kier alpha value is -0.0900. The van der Waals surface area contributed by atoms with Gasteiger partial charge in [0, 0.05) is 3.57 Å². The molecular weight excluding hydrogens is 347 g/mol. The summed E-state index contributed by atoms with van der Waals surface area (Å²) in [6, 6.07) is 6.67. The van der Waals surface area contributed by atoms with Gasteiger partial charge in [-0.05, 0) is 98.1 Å². The maximum Gasteiger partial charge on any atom is 0.0660 e. The summed E-state index contributed by atoms with van der Waals surface area (Å²) in [4.78, 5) is 0. The first-order valence-electron chi connectivity index (χ1n) is 7.50. The molecule has 1 nitrogen and oxygen atoms in total. The van der Waals surface area contributed by atoms with Crippen molar-refractivity contribution in [2.75, 3.05) is 0 Å². The summed E-state index contributed by atoms with van der Waals surface area (Å²) in [7, 11) is 0. The zero-order chi connectivity index (χ0) is 13.5. The normalized spacial score (nSPS) is 29.2. The highest BCUT2D eigenvalue weighted by molar-refractivity contribution is 14.1. The fraction of sp³-hybridized carbons (Fsp3) is 0.647. The van der Waals surface area contributed by atoms with E-state index in [9.17, 15) is 0 Å². The largest absolute Gasteiger partial charge is 0.372 e. The summed E-state index contributed by atoms with van der Waals surface area (Å²) in [6.07, 6.45) is 8.12. The average molecular weight is 370 g/mol. The van der Waals surface area contributed by atoms with Gasteiger partial charge in [-0.2, -0.15) is 0 Å². The molecule has 0 radical (unpaired) electrons. The van der Waals surface area contributed by atoms with E-state index >= 15 is 0 Å². The lowest BCUT2D eigenvalue weighted by Gasteiger charge is -2.32. The van der Waals surface area contributed by atoms with Crippen molar-refractivity contribution in [3.63, 3.8) is 0 Å². The molecule has 2 heteroatoms. The second-order valence-electron chi connectivity index (χ2n) is 6.51. The Morgan fingerprint density at radius 3 is 2.42 bits per heavy atom. The Morgan fingerprint density at radius 1 is 1.16 bits per heavy atom. The van der Waals surface area contributed by atoms with E-state index in [1.165, 1.54) is 47.7 Å². The zero-order valence-electron chi connectivity index (χ0n) is 11.9. The number of ether oxygens (including phenoxy) is 1. The summed E-state index contributed by atoms with van der Waals surface area (Å²) in [5.41, 5.74) is 3.30. The SMILES string of the molecule is Cc1cccc(I)c1C1CCC(OC2(C)CC2)CC1. The van der Waals surface area contributed by atoms with Gasteiger partial charge >= 0.3 is 0 Å². The van der Waals surface area contributed by atoms with Crippen LogP contribution in [0.1, 0.15) is 62.5 Å². The van der Waals surface area contributed by atoms with Crippen molar-refractivity contribution in [2.45, 2.75) is 70.0 Å². The van der Waals surface area contributed by atoms with Crippen molar-refractivity contribution in [3.8, 4) is 0 Å². The van der Waals surface area contributed by atoms with Gasteiger partial charge in [0.15, 0.2) is 0 Å². The first kappa shape index (κ1) is 13.9. The van der Waals surface area contributed by atoms with E-state index in [-0.39, 0.29) is 5.60 Å². The van der Waals surface area contributed by atoms with Crippen LogP contribution >= 0.6 is 22.6 Å².